The van der Waals surface area contributed by atoms with Crippen LogP contribution >= 0.6 is 0 Å². The summed E-state index contributed by atoms with van der Waals surface area (Å²) < 4.78 is 29.6. The maximum absolute atomic E-state index is 13.2. The molecule has 7 nitrogen and oxygen atoms in total. The van der Waals surface area contributed by atoms with Crippen molar-refractivity contribution in [1.29, 1.82) is 0 Å². The summed E-state index contributed by atoms with van der Waals surface area (Å²) in [7, 11) is -4.19. The van der Waals surface area contributed by atoms with Gasteiger partial charge >= 0.3 is 0 Å². The van der Waals surface area contributed by atoms with Crippen LogP contribution in [-0.2, 0) is 22.0 Å². The number of ketones is 1. The van der Waals surface area contributed by atoms with Crippen LogP contribution in [0.4, 0.5) is 0 Å². The predicted octanol–water partition coefficient (Wildman–Crippen LogP) is 4.48. The summed E-state index contributed by atoms with van der Waals surface area (Å²) in [5.41, 5.74) is 5.06. The molecule has 34 heavy (non-hydrogen) atoms. The van der Waals surface area contributed by atoms with Crippen molar-refractivity contribution < 1.29 is 18.0 Å². The molecule has 0 aliphatic rings. The van der Waals surface area contributed by atoms with Gasteiger partial charge in [0.15, 0.2) is 5.78 Å². The number of carbonyl (C=O) groups excluding carboxylic acids is 2. The zero-order chi connectivity index (χ0) is 25.4. The first-order valence-electron chi connectivity index (χ1n) is 11.0. The molecular formula is C26H31N3O4S. The molecule has 2 aromatic carbocycles. The summed E-state index contributed by atoms with van der Waals surface area (Å²) in [5, 5.41) is 4.66. The Kier molecular flexibility index (Phi) is 6.85. The number of sulfonamides is 1. The number of amides is 1. The molecule has 3 rings (SSSR count). The number of hydrogen-bond acceptors (Lipinski definition) is 5. The van der Waals surface area contributed by atoms with Gasteiger partial charge in [0, 0.05) is 11.0 Å². The largest absolute Gasteiger partial charge is 0.295 e. The molecule has 0 saturated carbocycles. The number of Topliss-reactive ketones (excluding diaryl/α,β-unsaturated/α-hetero) is 1. The molecule has 0 atom stereocenters. The summed E-state index contributed by atoms with van der Waals surface area (Å²) in [6.07, 6.45) is 0. The number of rotatable bonds is 6. The lowest BCUT2D eigenvalue weighted by atomic mass is 9.92. The molecule has 1 amide bonds. The average Bonchev–Trinajstić information content (AvgIpc) is 3.15. The predicted molar refractivity (Wildman–Crippen MR) is 132 cm³/mol. The van der Waals surface area contributed by atoms with Gasteiger partial charge < -0.3 is 0 Å². The van der Waals surface area contributed by atoms with E-state index in [1.165, 1.54) is 31.2 Å². The van der Waals surface area contributed by atoms with Crippen molar-refractivity contribution in [2.75, 3.05) is 0 Å². The molecule has 1 aromatic heterocycles. The van der Waals surface area contributed by atoms with E-state index in [0.29, 0.717) is 12.2 Å². The minimum absolute atomic E-state index is 0.149. The molecule has 3 aromatic rings. The molecule has 0 radical (unpaired) electrons. The Morgan fingerprint density at radius 1 is 1.00 bits per heavy atom. The van der Waals surface area contributed by atoms with Crippen LogP contribution < -0.4 is 4.72 Å². The van der Waals surface area contributed by atoms with Crippen molar-refractivity contribution in [2.45, 2.75) is 65.3 Å². The van der Waals surface area contributed by atoms with Crippen LogP contribution in [0.5, 0.6) is 0 Å². The molecule has 0 saturated heterocycles. The van der Waals surface area contributed by atoms with Crippen LogP contribution in [0.3, 0.4) is 0 Å². The highest BCUT2D eigenvalue weighted by Crippen LogP contribution is 2.24. The number of hydrogen-bond donors (Lipinski definition) is 1. The van der Waals surface area contributed by atoms with Crippen LogP contribution in [0.2, 0.25) is 0 Å². The molecule has 0 unspecified atom stereocenters. The number of aromatic nitrogens is 2. The maximum atomic E-state index is 13.2. The fraction of sp³-hybridized carbons (Fsp3) is 0.346. The summed E-state index contributed by atoms with van der Waals surface area (Å²) in [6, 6.07) is 11.4. The quantitative estimate of drug-likeness (QED) is 0.524. The number of nitrogens with zero attached hydrogens (tertiary/aromatic N) is 2. The lowest BCUT2D eigenvalue weighted by Crippen LogP contribution is -2.32. The fourth-order valence-electron chi connectivity index (χ4n) is 3.81. The summed E-state index contributed by atoms with van der Waals surface area (Å²) in [5.74, 6) is -1.04. The Labute approximate surface area is 201 Å². The van der Waals surface area contributed by atoms with Gasteiger partial charge in [0.05, 0.1) is 17.1 Å². The lowest BCUT2D eigenvalue weighted by Gasteiger charge is -2.15. The minimum Gasteiger partial charge on any atom is -0.295 e. The zero-order valence-corrected chi connectivity index (χ0v) is 21.5. The zero-order valence-electron chi connectivity index (χ0n) is 20.7. The third kappa shape index (κ3) is 5.44. The summed E-state index contributed by atoms with van der Waals surface area (Å²) >= 11 is 0. The van der Waals surface area contributed by atoms with E-state index >= 15 is 0 Å². The van der Waals surface area contributed by atoms with Crippen molar-refractivity contribution in [2.24, 2.45) is 0 Å². The van der Waals surface area contributed by atoms with Crippen LogP contribution in [0.15, 0.2) is 47.4 Å². The van der Waals surface area contributed by atoms with E-state index in [1.54, 1.807) is 10.7 Å². The fourth-order valence-corrected chi connectivity index (χ4v) is 4.82. The van der Waals surface area contributed by atoms with Gasteiger partial charge in [-0.25, -0.2) is 13.1 Å². The third-order valence-corrected chi connectivity index (χ3v) is 7.04. The van der Waals surface area contributed by atoms with Gasteiger partial charge in [-0.1, -0.05) is 50.6 Å². The molecule has 0 bridgehead atoms. The van der Waals surface area contributed by atoms with Gasteiger partial charge in [0.2, 0.25) is 0 Å². The molecule has 1 N–H and O–H groups in total. The molecule has 0 spiro atoms. The van der Waals surface area contributed by atoms with Crippen molar-refractivity contribution in [1.82, 2.24) is 14.5 Å². The molecule has 0 aliphatic heterocycles. The van der Waals surface area contributed by atoms with E-state index < -0.39 is 15.9 Å². The van der Waals surface area contributed by atoms with E-state index in [0.717, 1.165) is 22.3 Å². The summed E-state index contributed by atoms with van der Waals surface area (Å²) in [4.78, 5) is 24.7. The van der Waals surface area contributed by atoms with Gasteiger partial charge in [-0.2, -0.15) is 5.10 Å². The van der Waals surface area contributed by atoms with E-state index in [-0.39, 0.29) is 27.4 Å². The normalized spacial score (nSPS) is 12.0. The third-order valence-electron chi connectivity index (χ3n) is 5.71. The summed E-state index contributed by atoms with van der Waals surface area (Å²) in [6.45, 7) is 13.7. The topological polar surface area (TPSA) is 98.1 Å². The Morgan fingerprint density at radius 3 is 2.18 bits per heavy atom. The van der Waals surface area contributed by atoms with Crippen LogP contribution in [-0.4, -0.2) is 29.9 Å². The second kappa shape index (κ2) is 9.18. The van der Waals surface area contributed by atoms with Crippen LogP contribution in [0, 0.1) is 20.8 Å². The lowest BCUT2D eigenvalue weighted by molar-refractivity contribution is 0.0970. The van der Waals surface area contributed by atoms with Crippen LogP contribution in [0.1, 0.15) is 76.5 Å². The molecular weight excluding hydrogens is 450 g/mol. The highest BCUT2D eigenvalue weighted by Gasteiger charge is 2.27. The molecule has 8 heteroatoms. The van der Waals surface area contributed by atoms with Crippen molar-refractivity contribution in [3.63, 3.8) is 0 Å². The number of aryl methyl sites for hydroxylation is 3. The monoisotopic (exact) mass is 481 g/mol. The van der Waals surface area contributed by atoms with Gasteiger partial charge in [0.25, 0.3) is 15.9 Å². The van der Waals surface area contributed by atoms with Gasteiger partial charge in [0.1, 0.15) is 5.69 Å². The Balaban J connectivity index is 2.02. The van der Waals surface area contributed by atoms with Gasteiger partial charge in [-0.3, -0.25) is 14.3 Å². The standard InChI is InChI=1S/C26H31N3O4S/c1-16-11-17(2)22(18(3)12-16)15-29-23(14-24(27-29)26(5,6)7)25(31)28-34(32,33)21-10-8-9-20(13-21)19(4)30/h8-14H,15H2,1-7H3,(H,28,31). The van der Waals surface area contributed by atoms with E-state index in [2.05, 4.69) is 22.0 Å². The molecule has 1 heterocycles. The first kappa shape index (κ1) is 25.4. The van der Waals surface area contributed by atoms with Crippen LogP contribution in [0.25, 0.3) is 0 Å². The first-order valence-corrected chi connectivity index (χ1v) is 12.5. The van der Waals surface area contributed by atoms with E-state index in [9.17, 15) is 18.0 Å². The highest BCUT2D eigenvalue weighted by molar-refractivity contribution is 7.90. The molecule has 180 valence electrons. The highest BCUT2D eigenvalue weighted by atomic mass is 32.2. The smallest absolute Gasteiger partial charge is 0.283 e. The van der Waals surface area contributed by atoms with Crippen molar-refractivity contribution in [3.05, 3.63) is 81.7 Å². The van der Waals surface area contributed by atoms with Gasteiger partial charge in [-0.15, -0.1) is 0 Å². The van der Waals surface area contributed by atoms with Crippen molar-refractivity contribution in [3.8, 4) is 0 Å². The number of nitrogens with one attached hydrogen (secondary N) is 1. The van der Waals surface area contributed by atoms with E-state index in [4.69, 9.17) is 0 Å². The maximum Gasteiger partial charge on any atom is 0.283 e. The molecule has 0 fully saturated rings. The SMILES string of the molecule is CC(=O)c1cccc(S(=O)(=O)NC(=O)c2cc(C(C)(C)C)nn2Cc2c(C)cc(C)cc2C)c1. The second-order valence-electron chi connectivity index (χ2n) is 9.72. The first-order chi connectivity index (χ1) is 15.7. The van der Waals surface area contributed by atoms with Crippen molar-refractivity contribution >= 4 is 21.7 Å². The second-order valence-corrected chi connectivity index (χ2v) is 11.4. The Morgan fingerprint density at radius 2 is 1.62 bits per heavy atom. The number of carbonyl (C=O) groups is 2. The molecule has 0 aliphatic carbocycles. The minimum atomic E-state index is -4.19. The van der Waals surface area contributed by atoms with E-state index in [1.807, 2.05) is 41.5 Å². The van der Waals surface area contributed by atoms with Gasteiger partial charge in [-0.05, 0) is 62.6 Å². The Hall–Kier alpha value is -3.26. The Bertz CT molecular complexity index is 1360. The average molecular weight is 482 g/mol. The number of benzene rings is 2.